The molecular formula is C9H22N2. The Morgan fingerprint density at radius 1 is 1.36 bits per heavy atom. The molecule has 0 aromatic heterocycles. The lowest BCUT2D eigenvalue weighted by Gasteiger charge is -2.25. The van der Waals surface area contributed by atoms with Gasteiger partial charge in [-0.2, -0.15) is 0 Å². The average Bonchev–Trinajstić information content (AvgIpc) is 1.99. The summed E-state index contributed by atoms with van der Waals surface area (Å²) in [5.74, 6) is 0. The van der Waals surface area contributed by atoms with E-state index in [1.165, 1.54) is 6.42 Å². The van der Waals surface area contributed by atoms with Gasteiger partial charge in [0.15, 0.2) is 0 Å². The molecular weight excluding hydrogens is 136 g/mol. The summed E-state index contributed by atoms with van der Waals surface area (Å²) >= 11 is 0. The zero-order valence-corrected chi connectivity index (χ0v) is 8.52. The summed E-state index contributed by atoms with van der Waals surface area (Å²) in [6.07, 6.45) is 1.20. The minimum Gasteiger partial charge on any atom is -0.316 e. The Bertz CT molecular complexity index is 87.6. The van der Waals surface area contributed by atoms with Crippen molar-refractivity contribution in [1.29, 1.82) is 0 Å². The van der Waals surface area contributed by atoms with Gasteiger partial charge in [0.25, 0.3) is 0 Å². The van der Waals surface area contributed by atoms with Crippen molar-refractivity contribution in [3.8, 4) is 0 Å². The van der Waals surface area contributed by atoms with Crippen LogP contribution in [0.4, 0.5) is 0 Å². The van der Waals surface area contributed by atoms with Gasteiger partial charge in [-0.05, 0) is 34.4 Å². The maximum absolute atomic E-state index is 3.30. The van der Waals surface area contributed by atoms with Gasteiger partial charge in [0.05, 0.1) is 0 Å². The van der Waals surface area contributed by atoms with Gasteiger partial charge >= 0.3 is 0 Å². The number of nitrogens with one attached hydrogen (secondary N) is 1. The van der Waals surface area contributed by atoms with Gasteiger partial charge in [-0.1, -0.05) is 6.92 Å². The molecule has 0 fully saturated rings. The molecule has 11 heavy (non-hydrogen) atoms. The van der Waals surface area contributed by atoms with Gasteiger partial charge in [0.2, 0.25) is 0 Å². The molecule has 0 saturated carbocycles. The lowest BCUT2D eigenvalue weighted by atomic mass is 10.2. The van der Waals surface area contributed by atoms with E-state index >= 15 is 0 Å². The van der Waals surface area contributed by atoms with Crippen LogP contribution in [-0.2, 0) is 0 Å². The Hall–Kier alpha value is -0.0800. The number of rotatable bonds is 5. The SMILES string of the molecule is CC[C@@H](CN(C)C(C)C)NC. The minimum absolute atomic E-state index is 0.641. The molecule has 0 bridgehead atoms. The lowest BCUT2D eigenvalue weighted by molar-refractivity contribution is 0.243. The predicted molar refractivity (Wildman–Crippen MR) is 50.9 cm³/mol. The first-order valence-corrected chi connectivity index (χ1v) is 4.49. The fraction of sp³-hybridized carbons (Fsp3) is 1.00. The molecule has 0 unspecified atom stereocenters. The molecule has 0 saturated heterocycles. The topological polar surface area (TPSA) is 15.3 Å². The van der Waals surface area contributed by atoms with Crippen molar-refractivity contribution in [2.45, 2.75) is 39.3 Å². The van der Waals surface area contributed by atoms with Crippen LogP contribution in [0.15, 0.2) is 0 Å². The van der Waals surface area contributed by atoms with Crippen molar-refractivity contribution in [2.24, 2.45) is 0 Å². The molecule has 0 amide bonds. The second-order valence-corrected chi connectivity index (χ2v) is 3.43. The first-order valence-electron chi connectivity index (χ1n) is 4.49. The summed E-state index contributed by atoms with van der Waals surface area (Å²) < 4.78 is 0. The zero-order chi connectivity index (χ0) is 8.85. The zero-order valence-electron chi connectivity index (χ0n) is 8.52. The summed E-state index contributed by atoms with van der Waals surface area (Å²) in [5, 5.41) is 3.30. The average molecular weight is 158 g/mol. The van der Waals surface area contributed by atoms with E-state index in [1.807, 2.05) is 7.05 Å². The van der Waals surface area contributed by atoms with Crippen LogP contribution >= 0.6 is 0 Å². The Morgan fingerprint density at radius 2 is 1.91 bits per heavy atom. The molecule has 1 N–H and O–H groups in total. The van der Waals surface area contributed by atoms with Crippen molar-refractivity contribution in [2.75, 3.05) is 20.6 Å². The highest BCUT2D eigenvalue weighted by atomic mass is 15.1. The molecule has 0 aliphatic carbocycles. The second kappa shape index (κ2) is 5.56. The monoisotopic (exact) mass is 158 g/mol. The third kappa shape index (κ3) is 4.38. The molecule has 0 radical (unpaired) electrons. The third-order valence-electron chi connectivity index (χ3n) is 2.29. The second-order valence-electron chi connectivity index (χ2n) is 3.43. The van der Waals surface area contributed by atoms with E-state index in [0.717, 1.165) is 6.54 Å². The van der Waals surface area contributed by atoms with Gasteiger partial charge in [0, 0.05) is 18.6 Å². The largest absolute Gasteiger partial charge is 0.316 e. The predicted octanol–water partition coefficient (Wildman–Crippen LogP) is 1.32. The smallest absolute Gasteiger partial charge is 0.0189 e. The highest BCUT2D eigenvalue weighted by molar-refractivity contribution is 4.68. The highest BCUT2D eigenvalue weighted by Gasteiger charge is 2.08. The van der Waals surface area contributed by atoms with Crippen LogP contribution in [0.25, 0.3) is 0 Å². The molecule has 68 valence electrons. The van der Waals surface area contributed by atoms with Crippen LogP contribution in [-0.4, -0.2) is 37.6 Å². The fourth-order valence-electron chi connectivity index (χ4n) is 0.983. The van der Waals surface area contributed by atoms with Gasteiger partial charge in [-0.25, -0.2) is 0 Å². The van der Waals surface area contributed by atoms with Crippen LogP contribution in [0.5, 0.6) is 0 Å². The molecule has 0 aromatic rings. The lowest BCUT2D eigenvalue weighted by Crippen LogP contribution is -2.40. The molecule has 2 heteroatoms. The maximum Gasteiger partial charge on any atom is 0.0189 e. The summed E-state index contributed by atoms with van der Waals surface area (Å²) in [6.45, 7) is 7.81. The van der Waals surface area contributed by atoms with Crippen molar-refractivity contribution in [3.05, 3.63) is 0 Å². The van der Waals surface area contributed by atoms with Crippen LogP contribution < -0.4 is 5.32 Å². The van der Waals surface area contributed by atoms with Crippen molar-refractivity contribution >= 4 is 0 Å². The summed E-state index contributed by atoms with van der Waals surface area (Å²) in [7, 11) is 4.20. The van der Waals surface area contributed by atoms with Crippen LogP contribution in [0.2, 0.25) is 0 Å². The molecule has 0 aliphatic rings. The molecule has 0 spiro atoms. The van der Waals surface area contributed by atoms with Crippen molar-refractivity contribution in [1.82, 2.24) is 10.2 Å². The van der Waals surface area contributed by atoms with Crippen LogP contribution in [0.1, 0.15) is 27.2 Å². The third-order valence-corrected chi connectivity index (χ3v) is 2.29. The Morgan fingerprint density at radius 3 is 2.18 bits per heavy atom. The van der Waals surface area contributed by atoms with E-state index in [4.69, 9.17) is 0 Å². The minimum atomic E-state index is 0.641. The van der Waals surface area contributed by atoms with Crippen LogP contribution in [0, 0.1) is 0 Å². The number of nitrogens with zero attached hydrogens (tertiary/aromatic N) is 1. The van der Waals surface area contributed by atoms with E-state index in [2.05, 4.69) is 38.0 Å². The first-order chi connectivity index (χ1) is 5.11. The van der Waals surface area contributed by atoms with Gasteiger partial charge in [-0.3, -0.25) is 0 Å². The molecule has 0 heterocycles. The standard InChI is InChI=1S/C9H22N2/c1-6-9(10-4)7-11(5)8(2)3/h8-10H,6-7H2,1-5H3/t9-/m0/s1. The molecule has 0 aliphatic heterocycles. The van der Waals surface area contributed by atoms with Gasteiger partial charge < -0.3 is 10.2 Å². The highest BCUT2D eigenvalue weighted by Crippen LogP contribution is 1.98. The van der Waals surface area contributed by atoms with Gasteiger partial charge in [0.1, 0.15) is 0 Å². The quantitative estimate of drug-likeness (QED) is 0.649. The van der Waals surface area contributed by atoms with Crippen molar-refractivity contribution in [3.63, 3.8) is 0 Å². The van der Waals surface area contributed by atoms with E-state index < -0.39 is 0 Å². The van der Waals surface area contributed by atoms with Gasteiger partial charge in [-0.15, -0.1) is 0 Å². The van der Waals surface area contributed by atoms with E-state index in [1.54, 1.807) is 0 Å². The molecule has 1 atom stereocenters. The maximum atomic E-state index is 3.30. The first kappa shape index (κ1) is 10.9. The summed E-state index contributed by atoms with van der Waals surface area (Å²) in [4.78, 5) is 2.37. The molecule has 2 nitrogen and oxygen atoms in total. The van der Waals surface area contributed by atoms with E-state index in [0.29, 0.717) is 12.1 Å². The number of hydrogen-bond donors (Lipinski definition) is 1. The summed E-state index contributed by atoms with van der Waals surface area (Å²) in [5.41, 5.74) is 0. The van der Waals surface area contributed by atoms with E-state index in [-0.39, 0.29) is 0 Å². The van der Waals surface area contributed by atoms with Crippen molar-refractivity contribution < 1.29 is 0 Å². The Labute approximate surface area is 71.0 Å². The normalized spacial score (nSPS) is 14.5. The number of likely N-dealkylation sites (N-methyl/N-ethyl adjacent to an activating group) is 2. The Kier molecular flexibility index (Phi) is 5.51. The number of hydrogen-bond acceptors (Lipinski definition) is 2. The summed E-state index contributed by atoms with van der Waals surface area (Å²) in [6, 6.07) is 1.29. The van der Waals surface area contributed by atoms with E-state index in [9.17, 15) is 0 Å². The molecule has 0 aromatic carbocycles. The fourth-order valence-corrected chi connectivity index (χ4v) is 0.983. The van der Waals surface area contributed by atoms with Crippen LogP contribution in [0.3, 0.4) is 0 Å². The Balaban J connectivity index is 3.62. The molecule has 0 rings (SSSR count).